The second kappa shape index (κ2) is 12.4. The zero-order valence-corrected chi connectivity index (χ0v) is 25.6. The molecule has 2 aromatic heterocycles. The van der Waals surface area contributed by atoms with Crippen LogP contribution in [0, 0.1) is 6.92 Å². The normalized spacial score (nSPS) is 15.8. The van der Waals surface area contributed by atoms with E-state index in [-0.39, 0.29) is 17.6 Å². The number of hydrogen-bond acceptors (Lipinski definition) is 7. The van der Waals surface area contributed by atoms with Crippen molar-refractivity contribution in [1.82, 2.24) is 13.9 Å². The summed E-state index contributed by atoms with van der Waals surface area (Å²) in [4.78, 5) is 19.4. The van der Waals surface area contributed by atoms with Crippen molar-refractivity contribution in [3.05, 3.63) is 108 Å². The van der Waals surface area contributed by atoms with E-state index in [1.165, 1.54) is 3.97 Å². The molecule has 0 saturated carbocycles. The number of aliphatic hydroxyl groups excluding tert-OH is 1. The first-order chi connectivity index (χ1) is 21.2. The fourth-order valence-corrected chi connectivity index (χ4v) is 7.03. The summed E-state index contributed by atoms with van der Waals surface area (Å²) in [6, 6.07) is 23.9. The molecule has 1 N–H and O–H groups in total. The summed E-state index contributed by atoms with van der Waals surface area (Å²) in [5, 5.41) is 10.7. The third kappa shape index (κ3) is 6.04. The van der Waals surface area contributed by atoms with Crippen molar-refractivity contribution in [2.24, 2.45) is 0 Å². The molecule has 1 unspecified atom stereocenters. The molecule has 1 aliphatic heterocycles. The number of esters is 1. The Hall–Kier alpha value is -4.31. The SMILES string of the molecule is CCOC(=O)c1ccc(-c2cn(S(=O)(=O)c3ccc(C)cc3)c3ncc(-c4ccc(CN5CCCC(O)C5)cc4)cc23)cc1. The topological polar surface area (TPSA) is 102 Å². The lowest BCUT2D eigenvalue weighted by Crippen LogP contribution is -2.37. The second-order valence-electron chi connectivity index (χ2n) is 11.3. The minimum absolute atomic E-state index is 0.173. The summed E-state index contributed by atoms with van der Waals surface area (Å²) in [5.41, 5.74) is 6.11. The number of fused-ring (bicyclic) bond motifs is 1. The number of carbonyl (C=O) groups excluding carboxylic acids is 1. The van der Waals surface area contributed by atoms with Gasteiger partial charge in [0.25, 0.3) is 10.0 Å². The first-order valence-corrected chi connectivity index (χ1v) is 16.3. The predicted octanol–water partition coefficient (Wildman–Crippen LogP) is 6.05. The molecule has 0 bridgehead atoms. The molecule has 0 aliphatic carbocycles. The number of carbonyl (C=O) groups is 1. The van der Waals surface area contributed by atoms with Crippen molar-refractivity contribution >= 4 is 27.0 Å². The van der Waals surface area contributed by atoms with Crippen LogP contribution in [0.1, 0.15) is 41.3 Å². The Morgan fingerprint density at radius 1 is 0.977 bits per heavy atom. The molecule has 3 heterocycles. The van der Waals surface area contributed by atoms with Crippen LogP contribution in [0.3, 0.4) is 0 Å². The van der Waals surface area contributed by atoms with Gasteiger partial charge in [-0.05, 0) is 80.3 Å². The van der Waals surface area contributed by atoms with Crippen LogP contribution >= 0.6 is 0 Å². The highest BCUT2D eigenvalue weighted by atomic mass is 32.2. The third-order valence-corrected chi connectivity index (χ3v) is 9.73. The van der Waals surface area contributed by atoms with Crippen molar-refractivity contribution in [3.63, 3.8) is 0 Å². The number of rotatable bonds is 8. The van der Waals surface area contributed by atoms with E-state index in [1.807, 2.05) is 25.1 Å². The minimum atomic E-state index is -3.94. The first-order valence-electron chi connectivity index (χ1n) is 14.8. The Balaban J connectivity index is 1.40. The number of likely N-dealkylation sites (tertiary alicyclic amines) is 1. The Morgan fingerprint density at radius 3 is 2.36 bits per heavy atom. The van der Waals surface area contributed by atoms with Crippen molar-refractivity contribution in [1.29, 1.82) is 0 Å². The van der Waals surface area contributed by atoms with Crippen LogP contribution in [0.4, 0.5) is 0 Å². The molecule has 0 amide bonds. The number of ether oxygens (including phenoxy) is 1. The summed E-state index contributed by atoms with van der Waals surface area (Å²) in [6.45, 7) is 6.39. The van der Waals surface area contributed by atoms with Crippen molar-refractivity contribution in [2.75, 3.05) is 19.7 Å². The minimum Gasteiger partial charge on any atom is -0.462 e. The number of β-amino-alcohol motifs (C(OH)–C–C–N with tert-alkyl or cyclic N) is 1. The van der Waals surface area contributed by atoms with Crippen molar-refractivity contribution < 1.29 is 23.1 Å². The molecule has 0 radical (unpaired) electrons. The monoisotopic (exact) mass is 609 g/mol. The van der Waals surface area contributed by atoms with E-state index in [0.29, 0.717) is 28.7 Å². The summed E-state index contributed by atoms with van der Waals surface area (Å²) < 4.78 is 34.0. The lowest BCUT2D eigenvalue weighted by Gasteiger charge is -2.29. The fourth-order valence-electron chi connectivity index (χ4n) is 5.71. The third-order valence-electron chi connectivity index (χ3n) is 8.07. The number of pyridine rings is 1. The Bertz CT molecular complexity index is 1900. The molecule has 1 aliphatic rings. The number of benzene rings is 3. The Morgan fingerprint density at radius 2 is 1.68 bits per heavy atom. The van der Waals surface area contributed by atoms with E-state index in [4.69, 9.17) is 4.74 Å². The average Bonchev–Trinajstić information content (AvgIpc) is 3.42. The maximum Gasteiger partial charge on any atom is 0.338 e. The van der Waals surface area contributed by atoms with Gasteiger partial charge in [-0.25, -0.2) is 22.2 Å². The van der Waals surface area contributed by atoms with E-state index in [1.54, 1.807) is 67.8 Å². The van der Waals surface area contributed by atoms with Gasteiger partial charge in [-0.2, -0.15) is 0 Å². The van der Waals surface area contributed by atoms with E-state index in [0.717, 1.165) is 53.7 Å². The van der Waals surface area contributed by atoms with E-state index < -0.39 is 16.0 Å². The summed E-state index contributed by atoms with van der Waals surface area (Å²) in [6.07, 6.45) is 4.90. The van der Waals surface area contributed by atoms with Gasteiger partial charge in [0.1, 0.15) is 0 Å². The first kappa shape index (κ1) is 29.7. The highest BCUT2D eigenvalue weighted by Crippen LogP contribution is 2.35. The lowest BCUT2D eigenvalue weighted by molar-refractivity contribution is 0.0526. The second-order valence-corrected chi connectivity index (χ2v) is 13.1. The number of aromatic nitrogens is 2. The number of piperidine rings is 1. The predicted molar refractivity (Wildman–Crippen MR) is 171 cm³/mol. The Kier molecular flexibility index (Phi) is 8.35. The summed E-state index contributed by atoms with van der Waals surface area (Å²) >= 11 is 0. The Labute approximate surface area is 257 Å². The molecule has 8 nitrogen and oxygen atoms in total. The van der Waals surface area contributed by atoms with Gasteiger partial charge >= 0.3 is 5.97 Å². The number of aliphatic hydroxyl groups is 1. The van der Waals surface area contributed by atoms with Crippen LogP contribution in [0.15, 0.2) is 96.2 Å². The molecule has 9 heteroatoms. The van der Waals surface area contributed by atoms with Crippen LogP contribution in [0.5, 0.6) is 0 Å². The van der Waals surface area contributed by atoms with Gasteiger partial charge in [-0.15, -0.1) is 0 Å². The molecule has 1 saturated heterocycles. The van der Waals surface area contributed by atoms with E-state index in [9.17, 15) is 18.3 Å². The maximum absolute atomic E-state index is 13.8. The molecule has 1 atom stereocenters. The van der Waals surface area contributed by atoms with Gasteiger partial charge in [0.15, 0.2) is 5.65 Å². The number of nitrogens with zero attached hydrogens (tertiary/aromatic N) is 3. The van der Waals surface area contributed by atoms with E-state index >= 15 is 0 Å². The molecule has 6 rings (SSSR count). The number of aryl methyl sites for hydroxylation is 1. The average molecular weight is 610 g/mol. The number of hydrogen-bond donors (Lipinski definition) is 1. The lowest BCUT2D eigenvalue weighted by atomic mass is 10.0. The van der Waals surface area contributed by atoms with Gasteiger partial charge in [0.2, 0.25) is 0 Å². The highest BCUT2D eigenvalue weighted by molar-refractivity contribution is 7.90. The van der Waals surface area contributed by atoms with Gasteiger partial charge < -0.3 is 9.84 Å². The summed E-state index contributed by atoms with van der Waals surface area (Å²) in [5.74, 6) is -0.410. The van der Waals surface area contributed by atoms with Gasteiger partial charge in [-0.3, -0.25) is 4.90 Å². The molecular formula is C35H35N3O5S. The van der Waals surface area contributed by atoms with Gasteiger partial charge in [-0.1, -0.05) is 54.1 Å². The fraction of sp³-hybridized carbons (Fsp3) is 0.257. The molecule has 1 fully saturated rings. The van der Waals surface area contributed by atoms with Crippen molar-refractivity contribution in [2.45, 2.75) is 44.2 Å². The van der Waals surface area contributed by atoms with Gasteiger partial charge in [0.05, 0.1) is 23.2 Å². The largest absolute Gasteiger partial charge is 0.462 e. The quantitative estimate of drug-likeness (QED) is 0.214. The van der Waals surface area contributed by atoms with Gasteiger partial charge in [0, 0.05) is 42.0 Å². The molecule has 5 aromatic rings. The molecular weight excluding hydrogens is 574 g/mol. The van der Waals surface area contributed by atoms with Crippen LogP contribution in [-0.4, -0.2) is 59.2 Å². The van der Waals surface area contributed by atoms with E-state index in [2.05, 4.69) is 22.0 Å². The standard InChI is InChI=1S/C35H35N3O5S/c1-3-43-35(40)28-14-12-27(13-15-28)33-23-38(44(41,42)31-16-6-24(2)7-17-31)34-32(33)19-29(20-36-34)26-10-8-25(9-11-26)21-37-18-4-5-30(39)22-37/h6-17,19-20,23,30,39H,3-5,18,21-22H2,1-2H3. The highest BCUT2D eigenvalue weighted by Gasteiger charge is 2.24. The van der Waals surface area contributed by atoms with Crippen molar-refractivity contribution in [3.8, 4) is 22.3 Å². The summed E-state index contributed by atoms with van der Waals surface area (Å²) in [7, 11) is -3.94. The van der Waals surface area contributed by atoms with Crippen LogP contribution in [0.25, 0.3) is 33.3 Å². The zero-order chi connectivity index (χ0) is 30.8. The van der Waals surface area contributed by atoms with Crippen LogP contribution < -0.4 is 0 Å². The van der Waals surface area contributed by atoms with Crippen LogP contribution in [0.2, 0.25) is 0 Å². The zero-order valence-electron chi connectivity index (χ0n) is 24.8. The smallest absolute Gasteiger partial charge is 0.338 e. The molecule has 0 spiro atoms. The molecule has 44 heavy (non-hydrogen) atoms. The maximum atomic E-state index is 13.8. The molecule has 226 valence electrons. The van der Waals surface area contributed by atoms with Crippen LogP contribution in [-0.2, 0) is 21.3 Å². The molecule has 3 aromatic carbocycles.